The molecule has 0 bridgehead atoms. The van der Waals surface area contributed by atoms with Gasteiger partial charge in [-0.2, -0.15) is 0 Å². The molecule has 0 radical (unpaired) electrons. The largest absolute Gasteiger partial charge is 0.345 e. The number of nitrogens with one attached hydrogen (secondary N) is 3. The molecule has 29 heavy (non-hydrogen) atoms. The summed E-state index contributed by atoms with van der Waals surface area (Å²) in [6.45, 7) is 3.32. The third-order valence-corrected chi connectivity index (χ3v) is 5.92. The zero-order chi connectivity index (χ0) is 21.0. The van der Waals surface area contributed by atoms with Crippen LogP contribution < -0.4 is 16.0 Å². The molecule has 0 unspecified atom stereocenters. The lowest BCUT2D eigenvalue weighted by atomic mass is 9.73. The van der Waals surface area contributed by atoms with Gasteiger partial charge in [0.15, 0.2) is 0 Å². The van der Waals surface area contributed by atoms with Crippen LogP contribution >= 0.6 is 0 Å². The number of carbonyl (C=O) groups is 4. The number of rotatable bonds is 6. The van der Waals surface area contributed by atoms with Crippen molar-refractivity contribution in [3.8, 4) is 0 Å². The average Bonchev–Trinajstić information content (AvgIpc) is 2.94. The molecule has 1 heterocycles. The number of carbonyl (C=O) groups excluding carboxylic acids is 4. The van der Waals surface area contributed by atoms with Crippen LogP contribution in [0.15, 0.2) is 24.3 Å². The molecular formula is C21H28N4O4. The summed E-state index contributed by atoms with van der Waals surface area (Å²) in [7, 11) is 0. The van der Waals surface area contributed by atoms with Gasteiger partial charge in [0.2, 0.25) is 11.8 Å². The Balaban J connectivity index is 1.53. The smallest absolute Gasteiger partial charge is 0.325 e. The molecule has 8 nitrogen and oxygen atoms in total. The highest BCUT2D eigenvalue weighted by atomic mass is 16.2. The van der Waals surface area contributed by atoms with E-state index in [0.717, 1.165) is 36.1 Å². The summed E-state index contributed by atoms with van der Waals surface area (Å²) >= 11 is 0. The Morgan fingerprint density at radius 2 is 1.97 bits per heavy atom. The van der Waals surface area contributed by atoms with E-state index in [2.05, 4.69) is 16.0 Å². The van der Waals surface area contributed by atoms with E-state index >= 15 is 0 Å². The Morgan fingerprint density at radius 3 is 2.69 bits per heavy atom. The summed E-state index contributed by atoms with van der Waals surface area (Å²) in [4.78, 5) is 50.6. The normalized spacial score (nSPS) is 23.8. The Morgan fingerprint density at radius 1 is 1.21 bits per heavy atom. The molecule has 156 valence electrons. The van der Waals surface area contributed by atoms with Gasteiger partial charge in [0.25, 0.3) is 5.91 Å². The second kappa shape index (κ2) is 8.63. The Labute approximate surface area is 170 Å². The number of urea groups is 1. The fourth-order valence-corrected chi connectivity index (χ4v) is 4.16. The van der Waals surface area contributed by atoms with Crippen molar-refractivity contribution in [2.45, 2.75) is 51.5 Å². The van der Waals surface area contributed by atoms with E-state index in [1.165, 1.54) is 0 Å². The molecular weight excluding hydrogens is 372 g/mol. The van der Waals surface area contributed by atoms with Crippen molar-refractivity contribution < 1.29 is 19.2 Å². The number of aryl methyl sites for hydroxylation is 1. The number of hydrogen-bond donors (Lipinski definition) is 3. The van der Waals surface area contributed by atoms with E-state index in [0.29, 0.717) is 12.1 Å². The molecule has 1 aliphatic heterocycles. The topological polar surface area (TPSA) is 108 Å². The molecule has 2 atom stereocenters. The van der Waals surface area contributed by atoms with Crippen molar-refractivity contribution >= 4 is 29.4 Å². The number of anilines is 1. The minimum atomic E-state index is -0.892. The predicted molar refractivity (Wildman–Crippen MR) is 108 cm³/mol. The standard InChI is InChI=1S/C21H28N4O4/c1-3-15-9-4-5-10-16(15)23-17(26)12-22-18(27)13-25-19(28)21(24-20(25)29)11-7-6-8-14(21)2/h4-5,9-10,14H,3,6-8,11-13H2,1-2H3,(H,22,27)(H,23,26)(H,24,29)/t14-,21-/m1/s1. The van der Waals surface area contributed by atoms with Crippen LogP contribution in [0.4, 0.5) is 10.5 Å². The van der Waals surface area contributed by atoms with Crippen molar-refractivity contribution in [3.63, 3.8) is 0 Å². The van der Waals surface area contributed by atoms with E-state index in [-0.39, 0.29) is 24.3 Å². The molecule has 3 N–H and O–H groups in total. The van der Waals surface area contributed by atoms with Gasteiger partial charge >= 0.3 is 6.03 Å². The van der Waals surface area contributed by atoms with Crippen LogP contribution in [0.1, 0.15) is 45.1 Å². The first kappa shape index (κ1) is 20.8. The van der Waals surface area contributed by atoms with Crippen LogP contribution in [-0.2, 0) is 20.8 Å². The highest BCUT2D eigenvalue weighted by Crippen LogP contribution is 2.38. The molecule has 1 spiro atoms. The Bertz CT molecular complexity index is 825. The molecule has 2 aliphatic rings. The van der Waals surface area contributed by atoms with Crippen LogP contribution in [0.5, 0.6) is 0 Å². The summed E-state index contributed by atoms with van der Waals surface area (Å²) < 4.78 is 0. The van der Waals surface area contributed by atoms with Crippen LogP contribution in [0, 0.1) is 5.92 Å². The first-order chi connectivity index (χ1) is 13.9. The number of imide groups is 1. The third-order valence-electron chi connectivity index (χ3n) is 5.92. The second-order valence-electron chi connectivity index (χ2n) is 7.78. The van der Waals surface area contributed by atoms with Gasteiger partial charge in [-0.05, 0) is 36.8 Å². The SMILES string of the molecule is CCc1ccccc1NC(=O)CNC(=O)CN1C(=O)N[C@@]2(CCCC[C@H]2C)C1=O. The van der Waals surface area contributed by atoms with Crippen molar-refractivity contribution in [3.05, 3.63) is 29.8 Å². The van der Waals surface area contributed by atoms with Gasteiger partial charge in [-0.1, -0.05) is 44.9 Å². The molecule has 0 aromatic heterocycles. The van der Waals surface area contributed by atoms with Crippen LogP contribution in [0.3, 0.4) is 0 Å². The first-order valence-electron chi connectivity index (χ1n) is 10.2. The quantitative estimate of drug-likeness (QED) is 0.633. The van der Waals surface area contributed by atoms with Gasteiger partial charge in [-0.3, -0.25) is 19.3 Å². The van der Waals surface area contributed by atoms with Crippen molar-refractivity contribution in [1.29, 1.82) is 0 Å². The highest BCUT2D eigenvalue weighted by Gasteiger charge is 2.55. The van der Waals surface area contributed by atoms with Gasteiger partial charge in [0, 0.05) is 5.69 Å². The molecule has 2 fully saturated rings. The van der Waals surface area contributed by atoms with Crippen molar-refractivity contribution in [2.75, 3.05) is 18.4 Å². The number of para-hydroxylation sites is 1. The van der Waals surface area contributed by atoms with Crippen LogP contribution in [-0.4, -0.2) is 47.3 Å². The Hall–Kier alpha value is -2.90. The Kier molecular flexibility index (Phi) is 6.20. The summed E-state index contributed by atoms with van der Waals surface area (Å²) in [6.07, 6.45) is 4.13. The van der Waals surface area contributed by atoms with Gasteiger partial charge in [0.05, 0.1) is 6.54 Å². The van der Waals surface area contributed by atoms with E-state index in [9.17, 15) is 19.2 Å². The number of nitrogens with zero attached hydrogens (tertiary/aromatic N) is 1. The number of amides is 5. The van der Waals surface area contributed by atoms with Gasteiger partial charge in [-0.25, -0.2) is 4.79 Å². The zero-order valence-electron chi connectivity index (χ0n) is 16.9. The monoisotopic (exact) mass is 400 g/mol. The molecule has 1 aromatic carbocycles. The minimum absolute atomic E-state index is 0.0326. The predicted octanol–water partition coefficient (Wildman–Crippen LogP) is 1.80. The number of benzene rings is 1. The van der Waals surface area contributed by atoms with E-state index in [1.54, 1.807) is 6.07 Å². The average molecular weight is 400 g/mol. The lowest BCUT2D eigenvalue weighted by Crippen LogP contribution is -2.54. The lowest BCUT2D eigenvalue weighted by molar-refractivity contribution is -0.137. The van der Waals surface area contributed by atoms with E-state index < -0.39 is 24.0 Å². The molecule has 1 aliphatic carbocycles. The fourth-order valence-electron chi connectivity index (χ4n) is 4.16. The van der Waals surface area contributed by atoms with Crippen LogP contribution in [0.2, 0.25) is 0 Å². The third kappa shape index (κ3) is 4.26. The van der Waals surface area contributed by atoms with Crippen LogP contribution in [0.25, 0.3) is 0 Å². The molecule has 3 rings (SSSR count). The number of hydrogen-bond acceptors (Lipinski definition) is 4. The summed E-state index contributed by atoms with van der Waals surface area (Å²) in [5.74, 6) is -1.22. The van der Waals surface area contributed by atoms with E-state index in [4.69, 9.17) is 0 Å². The summed E-state index contributed by atoms with van der Waals surface area (Å²) in [5.41, 5.74) is 0.812. The maximum atomic E-state index is 12.9. The summed E-state index contributed by atoms with van der Waals surface area (Å²) in [5, 5.41) is 8.07. The fraction of sp³-hybridized carbons (Fsp3) is 0.524. The maximum absolute atomic E-state index is 12.9. The lowest BCUT2D eigenvalue weighted by Gasteiger charge is -2.36. The van der Waals surface area contributed by atoms with Gasteiger partial charge in [0.1, 0.15) is 12.1 Å². The molecule has 8 heteroatoms. The van der Waals surface area contributed by atoms with E-state index in [1.807, 2.05) is 32.0 Å². The molecule has 1 saturated carbocycles. The van der Waals surface area contributed by atoms with Crippen molar-refractivity contribution in [1.82, 2.24) is 15.5 Å². The molecule has 5 amide bonds. The van der Waals surface area contributed by atoms with Gasteiger partial charge < -0.3 is 16.0 Å². The summed E-state index contributed by atoms with van der Waals surface area (Å²) in [6, 6.07) is 6.91. The second-order valence-corrected chi connectivity index (χ2v) is 7.78. The van der Waals surface area contributed by atoms with Crippen molar-refractivity contribution in [2.24, 2.45) is 5.92 Å². The first-order valence-corrected chi connectivity index (χ1v) is 10.2. The molecule has 1 saturated heterocycles. The maximum Gasteiger partial charge on any atom is 0.325 e. The highest BCUT2D eigenvalue weighted by molar-refractivity contribution is 6.09. The zero-order valence-corrected chi connectivity index (χ0v) is 16.9. The molecule has 1 aromatic rings. The van der Waals surface area contributed by atoms with Gasteiger partial charge in [-0.15, -0.1) is 0 Å². The minimum Gasteiger partial charge on any atom is -0.345 e.